The molecule has 0 spiro atoms. The van der Waals surface area contributed by atoms with Crippen LogP contribution in [0.4, 0.5) is 5.69 Å². The van der Waals surface area contributed by atoms with Crippen LogP contribution in [0.1, 0.15) is 0 Å². The van der Waals surface area contributed by atoms with E-state index in [1.165, 1.54) is 18.1 Å². The number of nitrogen functional groups attached to an aromatic ring is 1. The van der Waals surface area contributed by atoms with Crippen LogP contribution < -0.4 is 10.5 Å². The Bertz CT molecular complexity index is 747. The summed E-state index contributed by atoms with van der Waals surface area (Å²) >= 11 is 10.7. The summed E-state index contributed by atoms with van der Waals surface area (Å²) < 4.78 is 6.70. The second kappa shape index (κ2) is 7.21. The van der Waals surface area contributed by atoms with Gasteiger partial charge in [0.1, 0.15) is 22.8 Å². The van der Waals surface area contributed by atoms with Gasteiger partial charge in [0.05, 0.1) is 0 Å². The molecule has 116 valence electrons. The van der Waals surface area contributed by atoms with Crippen LogP contribution in [0, 0.1) is 0 Å². The predicted molar refractivity (Wildman–Crippen MR) is 96.2 cm³/mol. The number of aromatic nitrogens is 2. The lowest BCUT2D eigenvalue weighted by molar-refractivity contribution is 0.462. The van der Waals surface area contributed by atoms with Crippen LogP contribution in [0.15, 0.2) is 69.3 Å². The Morgan fingerprint density at radius 1 is 1.00 bits per heavy atom. The molecule has 0 unspecified atom stereocenters. The Hall–Kier alpha value is -1.76. The predicted octanol–water partition coefficient (Wildman–Crippen LogP) is 5.42. The zero-order chi connectivity index (χ0) is 16.2. The normalized spacial score (nSPS) is 10.5. The van der Waals surface area contributed by atoms with Gasteiger partial charge in [0.25, 0.3) is 0 Å². The highest BCUT2D eigenvalue weighted by molar-refractivity contribution is 9.10. The van der Waals surface area contributed by atoms with Crippen molar-refractivity contribution in [2.45, 2.75) is 9.92 Å². The molecule has 7 heteroatoms. The third kappa shape index (κ3) is 4.16. The van der Waals surface area contributed by atoms with Crippen molar-refractivity contribution in [3.63, 3.8) is 0 Å². The zero-order valence-electron chi connectivity index (χ0n) is 11.7. The van der Waals surface area contributed by atoms with E-state index in [0.29, 0.717) is 27.4 Å². The lowest BCUT2D eigenvalue weighted by atomic mass is 10.3. The molecular formula is C16H11BrClN3OS. The first kappa shape index (κ1) is 16.1. The molecule has 0 aliphatic rings. The summed E-state index contributed by atoms with van der Waals surface area (Å²) in [7, 11) is 0. The molecule has 0 radical (unpaired) electrons. The van der Waals surface area contributed by atoms with Crippen molar-refractivity contribution in [3.05, 3.63) is 64.4 Å². The van der Waals surface area contributed by atoms with Crippen LogP contribution in [-0.2, 0) is 0 Å². The van der Waals surface area contributed by atoms with Crippen molar-refractivity contribution in [3.8, 4) is 11.6 Å². The molecule has 0 fully saturated rings. The third-order valence-corrected chi connectivity index (χ3v) is 4.67. The molecule has 1 heterocycles. The number of hydrogen-bond acceptors (Lipinski definition) is 5. The number of rotatable bonds is 4. The third-order valence-electron chi connectivity index (χ3n) is 2.87. The van der Waals surface area contributed by atoms with Crippen molar-refractivity contribution in [2.75, 3.05) is 5.73 Å². The average Bonchev–Trinajstić information content (AvgIpc) is 2.55. The van der Waals surface area contributed by atoms with E-state index in [2.05, 4.69) is 25.9 Å². The van der Waals surface area contributed by atoms with E-state index in [1.54, 1.807) is 0 Å². The summed E-state index contributed by atoms with van der Waals surface area (Å²) in [5.41, 5.74) is 6.53. The molecule has 1 aromatic heterocycles. The van der Waals surface area contributed by atoms with Gasteiger partial charge >= 0.3 is 0 Å². The van der Waals surface area contributed by atoms with Crippen LogP contribution in [0.3, 0.4) is 0 Å². The van der Waals surface area contributed by atoms with Gasteiger partial charge in [0, 0.05) is 14.4 Å². The van der Waals surface area contributed by atoms with Gasteiger partial charge in [0.2, 0.25) is 5.88 Å². The van der Waals surface area contributed by atoms with Crippen LogP contribution in [-0.4, -0.2) is 9.97 Å². The van der Waals surface area contributed by atoms with E-state index in [-0.39, 0.29) is 0 Å². The van der Waals surface area contributed by atoms with Gasteiger partial charge < -0.3 is 10.5 Å². The van der Waals surface area contributed by atoms with Gasteiger partial charge in [-0.2, -0.15) is 4.98 Å². The lowest BCUT2D eigenvalue weighted by Crippen LogP contribution is -1.99. The Labute approximate surface area is 151 Å². The van der Waals surface area contributed by atoms with E-state index >= 15 is 0 Å². The Morgan fingerprint density at radius 2 is 1.70 bits per heavy atom. The van der Waals surface area contributed by atoms with Gasteiger partial charge in [-0.05, 0) is 48.5 Å². The van der Waals surface area contributed by atoms with Gasteiger partial charge in [-0.25, -0.2) is 4.98 Å². The first-order valence-electron chi connectivity index (χ1n) is 6.59. The number of anilines is 1. The molecule has 0 bridgehead atoms. The highest BCUT2D eigenvalue weighted by atomic mass is 79.9. The summed E-state index contributed by atoms with van der Waals surface area (Å²) in [5, 5.41) is 1.32. The minimum atomic E-state index is 0.332. The maximum atomic E-state index is 6.13. The fourth-order valence-electron chi connectivity index (χ4n) is 1.76. The zero-order valence-corrected chi connectivity index (χ0v) is 14.9. The topological polar surface area (TPSA) is 61.0 Å². The maximum Gasteiger partial charge on any atom is 0.247 e. The van der Waals surface area contributed by atoms with E-state index in [1.807, 2.05) is 48.5 Å². The molecule has 3 aromatic rings. The lowest BCUT2D eigenvalue weighted by Gasteiger charge is -2.10. The van der Waals surface area contributed by atoms with Crippen molar-refractivity contribution in [1.29, 1.82) is 0 Å². The standard InChI is InChI=1S/C16H11BrClN3OS/c17-10-1-5-12(6-2-10)22-15-14(19)16(21-9-20-15)23-13-7-3-11(18)4-8-13/h1-9H,19H2. The van der Waals surface area contributed by atoms with E-state index in [0.717, 1.165) is 9.37 Å². The highest BCUT2D eigenvalue weighted by Gasteiger charge is 2.11. The minimum Gasteiger partial charge on any atom is -0.437 e. The number of ether oxygens (including phenoxy) is 1. The van der Waals surface area contributed by atoms with Crippen molar-refractivity contribution >= 4 is 45.0 Å². The Morgan fingerprint density at radius 3 is 2.39 bits per heavy atom. The number of halogens is 2. The first-order chi connectivity index (χ1) is 11.1. The van der Waals surface area contributed by atoms with Crippen LogP contribution in [0.2, 0.25) is 5.02 Å². The molecule has 0 saturated carbocycles. The number of benzene rings is 2. The SMILES string of the molecule is Nc1c(Oc2ccc(Br)cc2)ncnc1Sc1ccc(Cl)cc1. The minimum absolute atomic E-state index is 0.332. The molecule has 0 amide bonds. The summed E-state index contributed by atoms with van der Waals surface area (Å²) in [6, 6.07) is 14.9. The summed E-state index contributed by atoms with van der Waals surface area (Å²) in [5.74, 6) is 0.986. The van der Waals surface area contributed by atoms with Crippen molar-refractivity contribution in [2.24, 2.45) is 0 Å². The summed E-state index contributed by atoms with van der Waals surface area (Å²) in [6.07, 6.45) is 1.43. The number of nitrogens with two attached hydrogens (primary N) is 1. The molecule has 4 nitrogen and oxygen atoms in total. The maximum absolute atomic E-state index is 6.13. The highest BCUT2D eigenvalue weighted by Crippen LogP contribution is 2.36. The van der Waals surface area contributed by atoms with E-state index < -0.39 is 0 Å². The Kier molecular flexibility index (Phi) is 5.05. The van der Waals surface area contributed by atoms with Crippen molar-refractivity contribution in [1.82, 2.24) is 9.97 Å². The Balaban J connectivity index is 1.83. The second-order valence-corrected chi connectivity index (χ2v) is 6.92. The smallest absolute Gasteiger partial charge is 0.247 e. The second-order valence-electron chi connectivity index (χ2n) is 4.51. The molecule has 2 N–H and O–H groups in total. The number of nitrogens with zero attached hydrogens (tertiary/aromatic N) is 2. The van der Waals surface area contributed by atoms with Crippen LogP contribution in [0.25, 0.3) is 0 Å². The molecule has 3 rings (SSSR count). The quantitative estimate of drug-likeness (QED) is 0.584. The summed E-state index contributed by atoms with van der Waals surface area (Å²) in [4.78, 5) is 9.31. The van der Waals surface area contributed by atoms with E-state index in [4.69, 9.17) is 22.1 Å². The van der Waals surface area contributed by atoms with E-state index in [9.17, 15) is 0 Å². The molecular weight excluding hydrogens is 398 g/mol. The molecule has 0 saturated heterocycles. The van der Waals surface area contributed by atoms with Crippen LogP contribution in [0.5, 0.6) is 11.6 Å². The van der Waals surface area contributed by atoms with Gasteiger partial charge in [0.15, 0.2) is 0 Å². The fraction of sp³-hybridized carbons (Fsp3) is 0. The fourth-order valence-corrected chi connectivity index (χ4v) is 2.94. The first-order valence-corrected chi connectivity index (χ1v) is 8.58. The molecule has 0 atom stereocenters. The molecule has 0 aliphatic heterocycles. The van der Waals surface area contributed by atoms with Gasteiger partial charge in [-0.1, -0.05) is 39.3 Å². The van der Waals surface area contributed by atoms with Gasteiger partial charge in [-0.15, -0.1) is 0 Å². The van der Waals surface area contributed by atoms with Gasteiger partial charge in [-0.3, -0.25) is 0 Å². The summed E-state index contributed by atoms with van der Waals surface area (Å²) in [6.45, 7) is 0. The largest absolute Gasteiger partial charge is 0.437 e. The van der Waals surface area contributed by atoms with Crippen LogP contribution >= 0.6 is 39.3 Å². The van der Waals surface area contributed by atoms with Crippen molar-refractivity contribution < 1.29 is 4.74 Å². The average molecular weight is 409 g/mol. The molecule has 0 aliphatic carbocycles. The number of hydrogen-bond donors (Lipinski definition) is 1. The molecule has 23 heavy (non-hydrogen) atoms. The molecule has 2 aromatic carbocycles. The monoisotopic (exact) mass is 407 g/mol.